The lowest BCUT2D eigenvalue weighted by Crippen LogP contribution is -2.09. The Morgan fingerprint density at radius 1 is 1.11 bits per heavy atom. The first-order valence-corrected chi connectivity index (χ1v) is 6.87. The quantitative estimate of drug-likeness (QED) is 0.575. The third kappa shape index (κ3) is 2.92. The summed E-state index contributed by atoms with van der Waals surface area (Å²) in [5, 5.41) is 0. The molecular formula is C16H22O2. The molecule has 0 N–H and O–H groups in total. The summed E-state index contributed by atoms with van der Waals surface area (Å²) in [5.41, 5.74) is 3.74. The van der Waals surface area contributed by atoms with Crippen LogP contribution in [-0.2, 0) is 4.79 Å². The molecule has 1 aromatic carbocycles. The monoisotopic (exact) mass is 246 g/mol. The van der Waals surface area contributed by atoms with Crippen molar-refractivity contribution >= 4 is 5.97 Å². The minimum atomic E-state index is -0.239. The number of carbonyl (C=O) groups excluding carboxylic acids is 1. The molecule has 0 aliphatic heterocycles. The van der Waals surface area contributed by atoms with Crippen LogP contribution in [0.5, 0.6) is 5.75 Å². The van der Waals surface area contributed by atoms with Gasteiger partial charge in [0, 0.05) is 6.92 Å². The first-order chi connectivity index (χ1) is 8.58. The van der Waals surface area contributed by atoms with Gasteiger partial charge in [-0.15, -0.1) is 0 Å². The molecule has 98 valence electrons. The second-order valence-corrected chi connectivity index (χ2v) is 5.40. The number of hydrogen-bond acceptors (Lipinski definition) is 2. The molecular weight excluding hydrogens is 224 g/mol. The number of rotatable bonds is 2. The fourth-order valence-corrected chi connectivity index (χ4v) is 2.97. The van der Waals surface area contributed by atoms with Gasteiger partial charge in [-0.2, -0.15) is 0 Å². The molecule has 2 rings (SSSR count). The van der Waals surface area contributed by atoms with E-state index in [1.54, 1.807) is 0 Å². The van der Waals surface area contributed by atoms with Gasteiger partial charge in [0.05, 0.1) is 0 Å². The van der Waals surface area contributed by atoms with Crippen LogP contribution in [0.1, 0.15) is 61.6 Å². The maximum atomic E-state index is 11.1. The third-order valence-corrected chi connectivity index (χ3v) is 3.86. The minimum absolute atomic E-state index is 0.239. The number of esters is 1. The molecule has 2 heteroatoms. The van der Waals surface area contributed by atoms with Gasteiger partial charge in [-0.3, -0.25) is 4.79 Å². The van der Waals surface area contributed by atoms with Gasteiger partial charge in [-0.1, -0.05) is 25.3 Å². The maximum Gasteiger partial charge on any atom is 0.308 e. The number of benzene rings is 1. The van der Waals surface area contributed by atoms with E-state index in [0.29, 0.717) is 5.92 Å². The van der Waals surface area contributed by atoms with Crippen molar-refractivity contribution < 1.29 is 9.53 Å². The van der Waals surface area contributed by atoms with Crippen LogP contribution in [-0.4, -0.2) is 5.97 Å². The fraction of sp³-hybridized carbons (Fsp3) is 0.562. The summed E-state index contributed by atoms with van der Waals surface area (Å²) < 4.78 is 5.29. The van der Waals surface area contributed by atoms with Crippen molar-refractivity contribution in [3.63, 3.8) is 0 Å². The van der Waals surface area contributed by atoms with Crippen LogP contribution in [0, 0.1) is 13.8 Å². The summed E-state index contributed by atoms with van der Waals surface area (Å²) in [5.74, 6) is 1.14. The van der Waals surface area contributed by atoms with E-state index >= 15 is 0 Å². The van der Waals surface area contributed by atoms with Crippen LogP contribution in [0.15, 0.2) is 12.1 Å². The lowest BCUT2D eigenvalue weighted by Gasteiger charge is -2.24. The van der Waals surface area contributed by atoms with Crippen LogP contribution < -0.4 is 4.74 Å². The van der Waals surface area contributed by atoms with Crippen LogP contribution >= 0.6 is 0 Å². The summed E-state index contributed by atoms with van der Waals surface area (Å²) in [6.07, 6.45) is 6.53. The van der Waals surface area contributed by atoms with Crippen molar-refractivity contribution in [3.8, 4) is 5.75 Å². The van der Waals surface area contributed by atoms with Crippen LogP contribution in [0.4, 0.5) is 0 Å². The molecule has 0 aromatic heterocycles. The second-order valence-electron chi connectivity index (χ2n) is 5.40. The molecule has 1 aromatic rings. The number of carbonyl (C=O) groups is 1. The highest BCUT2D eigenvalue weighted by molar-refractivity contribution is 5.70. The number of aryl methyl sites for hydroxylation is 2. The molecule has 2 nitrogen and oxygen atoms in total. The zero-order chi connectivity index (χ0) is 13.1. The van der Waals surface area contributed by atoms with E-state index in [-0.39, 0.29) is 5.97 Å². The van der Waals surface area contributed by atoms with Crippen molar-refractivity contribution in [1.29, 1.82) is 0 Å². The van der Waals surface area contributed by atoms with Crippen molar-refractivity contribution in [2.75, 3.05) is 0 Å². The lowest BCUT2D eigenvalue weighted by molar-refractivity contribution is -0.131. The summed E-state index contributed by atoms with van der Waals surface area (Å²) in [6.45, 7) is 5.62. The molecule has 0 spiro atoms. The van der Waals surface area contributed by atoms with Gasteiger partial charge in [0.2, 0.25) is 0 Å². The van der Waals surface area contributed by atoms with E-state index < -0.39 is 0 Å². The van der Waals surface area contributed by atoms with Gasteiger partial charge >= 0.3 is 5.97 Å². The molecule has 1 aliphatic rings. The van der Waals surface area contributed by atoms with E-state index in [4.69, 9.17) is 4.74 Å². The molecule has 0 heterocycles. The average Bonchev–Trinajstić information content (AvgIpc) is 2.33. The highest BCUT2D eigenvalue weighted by atomic mass is 16.5. The van der Waals surface area contributed by atoms with Gasteiger partial charge in [-0.05, 0) is 55.4 Å². The lowest BCUT2D eigenvalue weighted by atomic mass is 9.82. The molecule has 18 heavy (non-hydrogen) atoms. The van der Waals surface area contributed by atoms with Gasteiger partial charge < -0.3 is 4.74 Å². The van der Waals surface area contributed by atoms with Crippen molar-refractivity contribution in [2.24, 2.45) is 0 Å². The molecule has 1 fully saturated rings. The summed E-state index contributed by atoms with van der Waals surface area (Å²) in [4.78, 5) is 11.1. The Labute approximate surface area is 109 Å². The number of hydrogen-bond donors (Lipinski definition) is 0. The van der Waals surface area contributed by atoms with E-state index in [9.17, 15) is 4.79 Å². The fourth-order valence-electron chi connectivity index (χ4n) is 2.97. The minimum Gasteiger partial charge on any atom is -0.426 e. The Morgan fingerprint density at radius 2 is 1.78 bits per heavy atom. The Bertz CT molecular complexity index is 443. The average molecular weight is 246 g/mol. The van der Waals surface area contributed by atoms with Crippen LogP contribution in [0.25, 0.3) is 0 Å². The second kappa shape index (κ2) is 5.55. The summed E-state index contributed by atoms with van der Waals surface area (Å²) in [6, 6.07) is 4.23. The van der Waals surface area contributed by atoms with Crippen LogP contribution in [0.3, 0.4) is 0 Å². The smallest absolute Gasteiger partial charge is 0.308 e. The van der Waals surface area contributed by atoms with E-state index in [1.807, 2.05) is 6.92 Å². The first-order valence-electron chi connectivity index (χ1n) is 6.87. The molecule has 1 saturated carbocycles. The summed E-state index contributed by atoms with van der Waals surface area (Å²) in [7, 11) is 0. The van der Waals surface area contributed by atoms with Crippen molar-refractivity contribution in [3.05, 3.63) is 28.8 Å². The van der Waals surface area contributed by atoms with Gasteiger partial charge in [0.15, 0.2) is 0 Å². The number of ether oxygens (including phenoxy) is 1. The Balaban J connectivity index is 2.30. The highest BCUT2D eigenvalue weighted by Crippen LogP contribution is 2.37. The molecule has 0 bridgehead atoms. The van der Waals surface area contributed by atoms with Crippen LogP contribution in [0.2, 0.25) is 0 Å². The summed E-state index contributed by atoms with van der Waals surface area (Å²) >= 11 is 0. The zero-order valence-electron chi connectivity index (χ0n) is 11.6. The SMILES string of the molecule is CC(=O)Oc1cc(C2CCCCC2)c(C)cc1C. The topological polar surface area (TPSA) is 26.3 Å². The van der Waals surface area contributed by atoms with Gasteiger partial charge in [0.1, 0.15) is 5.75 Å². The van der Waals surface area contributed by atoms with Gasteiger partial charge in [-0.25, -0.2) is 0 Å². The molecule has 0 amide bonds. The predicted octanol–water partition coefficient (Wildman–Crippen LogP) is 4.28. The standard InChI is InChI=1S/C16H22O2/c1-11-9-12(2)16(18-13(3)17)10-15(11)14-7-5-4-6-8-14/h9-10,14H,4-8H2,1-3H3. The molecule has 1 aliphatic carbocycles. The zero-order valence-corrected chi connectivity index (χ0v) is 11.6. The Kier molecular flexibility index (Phi) is 4.05. The molecule has 0 unspecified atom stereocenters. The van der Waals surface area contributed by atoms with E-state index in [1.165, 1.54) is 50.2 Å². The predicted molar refractivity (Wildman–Crippen MR) is 73.1 cm³/mol. The first kappa shape index (κ1) is 13.1. The maximum absolute atomic E-state index is 11.1. The highest BCUT2D eigenvalue weighted by Gasteiger charge is 2.19. The normalized spacial score (nSPS) is 16.6. The van der Waals surface area contributed by atoms with E-state index in [2.05, 4.69) is 19.1 Å². The molecule has 0 atom stereocenters. The Hall–Kier alpha value is -1.31. The molecule has 0 saturated heterocycles. The van der Waals surface area contributed by atoms with Crippen molar-refractivity contribution in [1.82, 2.24) is 0 Å². The molecule has 0 radical (unpaired) electrons. The third-order valence-electron chi connectivity index (χ3n) is 3.86. The van der Waals surface area contributed by atoms with Crippen molar-refractivity contribution in [2.45, 2.75) is 58.8 Å². The Morgan fingerprint density at radius 3 is 2.39 bits per heavy atom. The largest absolute Gasteiger partial charge is 0.426 e. The van der Waals surface area contributed by atoms with E-state index in [0.717, 1.165) is 11.3 Å². The van der Waals surface area contributed by atoms with Gasteiger partial charge in [0.25, 0.3) is 0 Å².